The maximum atomic E-state index is 13.5. The van der Waals surface area contributed by atoms with E-state index in [0.29, 0.717) is 19.6 Å². The number of carbonyl (C=O) groups is 1. The number of methoxy groups -OCH3 is 1. The number of hydrogen-bond acceptors (Lipinski definition) is 5. The molecule has 1 N–H and O–H groups in total. The summed E-state index contributed by atoms with van der Waals surface area (Å²) in [4.78, 5) is 21.6. The van der Waals surface area contributed by atoms with Gasteiger partial charge in [0, 0.05) is 38.3 Å². The molecular formula is C13H15FN2O5. The summed E-state index contributed by atoms with van der Waals surface area (Å²) < 4.78 is 24.1. The topological polar surface area (TPSA) is 90.7 Å². The van der Waals surface area contributed by atoms with Gasteiger partial charge in [0.1, 0.15) is 5.60 Å². The van der Waals surface area contributed by atoms with E-state index >= 15 is 0 Å². The fraction of sp³-hybridized carbons (Fsp3) is 0.462. The van der Waals surface area contributed by atoms with Gasteiger partial charge < -0.3 is 14.8 Å². The maximum absolute atomic E-state index is 13.5. The zero-order valence-corrected chi connectivity index (χ0v) is 11.4. The van der Waals surface area contributed by atoms with Gasteiger partial charge in [-0.25, -0.2) is 0 Å². The highest BCUT2D eigenvalue weighted by Gasteiger charge is 2.35. The first kappa shape index (κ1) is 15.3. The molecule has 0 spiro atoms. The summed E-state index contributed by atoms with van der Waals surface area (Å²) in [6.45, 7) is 1.15. The number of carbonyl (C=O) groups excluding carboxylic acids is 1. The lowest BCUT2D eigenvalue weighted by Crippen LogP contribution is -2.45. The van der Waals surface area contributed by atoms with Crippen molar-refractivity contribution in [2.45, 2.75) is 12.0 Å². The molecule has 1 atom stereocenters. The van der Waals surface area contributed by atoms with E-state index in [9.17, 15) is 19.3 Å². The van der Waals surface area contributed by atoms with E-state index in [4.69, 9.17) is 9.47 Å². The molecule has 1 saturated heterocycles. The quantitative estimate of drug-likeness (QED) is 0.653. The molecule has 1 fully saturated rings. The Morgan fingerprint density at radius 2 is 2.38 bits per heavy atom. The van der Waals surface area contributed by atoms with E-state index in [1.807, 2.05) is 0 Å². The maximum Gasteiger partial charge on any atom is 0.304 e. The molecule has 1 aliphatic heterocycles. The van der Waals surface area contributed by atoms with Gasteiger partial charge in [0.05, 0.1) is 11.5 Å². The minimum Gasteiger partial charge on any atom is -0.378 e. The summed E-state index contributed by atoms with van der Waals surface area (Å²) in [6, 6.07) is 3.02. The van der Waals surface area contributed by atoms with Crippen LogP contribution in [0.3, 0.4) is 0 Å². The third-order valence-corrected chi connectivity index (χ3v) is 3.48. The monoisotopic (exact) mass is 298 g/mol. The van der Waals surface area contributed by atoms with Crippen molar-refractivity contribution < 1.29 is 23.6 Å². The van der Waals surface area contributed by atoms with Crippen LogP contribution in [0.4, 0.5) is 10.1 Å². The molecule has 0 saturated carbocycles. The van der Waals surface area contributed by atoms with Gasteiger partial charge >= 0.3 is 5.69 Å². The number of nitro benzene ring substituents is 1. The summed E-state index contributed by atoms with van der Waals surface area (Å²) >= 11 is 0. The molecule has 2 rings (SSSR count). The number of benzene rings is 1. The third-order valence-electron chi connectivity index (χ3n) is 3.48. The normalized spacial score (nSPS) is 21.2. The van der Waals surface area contributed by atoms with Gasteiger partial charge in [0.2, 0.25) is 5.82 Å². The molecule has 1 aromatic carbocycles. The van der Waals surface area contributed by atoms with Gasteiger partial charge in [-0.05, 0) is 12.1 Å². The van der Waals surface area contributed by atoms with E-state index in [-0.39, 0.29) is 12.1 Å². The largest absolute Gasteiger partial charge is 0.378 e. The SMILES string of the molecule is COC1(CNC(=O)c2ccc([N+](=O)[O-])c(F)c2)CCOC1. The number of rotatable bonds is 5. The van der Waals surface area contributed by atoms with Crippen molar-refractivity contribution in [3.63, 3.8) is 0 Å². The molecule has 0 bridgehead atoms. The minimum absolute atomic E-state index is 0.0169. The van der Waals surface area contributed by atoms with E-state index in [1.54, 1.807) is 0 Å². The van der Waals surface area contributed by atoms with Crippen LogP contribution in [0.5, 0.6) is 0 Å². The van der Waals surface area contributed by atoms with Gasteiger partial charge in [-0.1, -0.05) is 0 Å². The van der Waals surface area contributed by atoms with Crippen LogP contribution in [-0.4, -0.2) is 43.3 Å². The van der Waals surface area contributed by atoms with Crippen LogP contribution >= 0.6 is 0 Å². The van der Waals surface area contributed by atoms with Crippen LogP contribution in [0.2, 0.25) is 0 Å². The first-order chi connectivity index (χ1) is 9.97. The summed E-state index contributed by atoms with van der Waals surface area (Å²) in [5.41, 5.74) is -1.22. The Balaban J connectivity index is 2.03. The van der Waals surface area contributed by atoms with Crippen LogP contribution in [-0.2, 0) is 9.47 Å². The number of ether oxygens (including phenoxy) is 2. The molecule has 7 nitrogen and oxygen atoms in total. The Bertz CT molecular complexity index is 557. The Hall–Kier alpha value is -2.06. The van der Waals surface area contributed by atoms with E-state index < -0.39 is 27.9 Å². The Labute approximate surface area is 120 Å². The number of halogens is 1. The predicted molar refractivity (Wildman–Crippen MR) is 70.6 cm³/mol. The highest BCUT2D eigenvalue weighted by molar-refractivity contribution is 5.94. The Kier molecular flexibility index (Phi) is 4.49. The van der Waals surface area contributed by atoms with Crippen molar-refractivity contribution in [1.29, 1.82) is 0 Å². The van der Waals surface area contributed by atoms with Crippen molar-refractivity contribution in [3.05, 3.63) is 39.7 Å². The second-order valence-electron chi connectivity index (χ2n) is 4.80. The van der Waals surface area contributed by atoms with Crippen molar-refractivity contribution >= 4 is 11.6 Å². The van der Waals surface area contributed by atoms with Crippen LogP contribution in [0, 0.1) is 15.9 Å². The fourth-order valence-corrected chi connectivity index (χ4v) is 2.10. The molecular weight excluding hydrogens is 283 g/mol. The predicted octanol–water partition coefficient (Wildman–Crippen LogP) is 1.27. The van der Waals surface area contributed by atoms with Crippen molar-refractivity contribution in [3.8, 4) is 0 Å². The van der Waals surface area contributed by atoms with Crippen molar-refractivity contribution in [2.24, 2.45) is 0 Å². The van der Waals surface area contributed by atoms with Gasteiger partial charge in [0.15, 0.2) is 0 Å². The second kappa shape index (κ2) is 6.15. The van der Waals surface area contributed by atoms with E-state index in [2.05, 4.69) is 5.32 Å². The van der Waals surface area contributed by atoms with E-state index in [0.717, 1.165) is 12.1 Å². The minimum atomic E-state index is -1.04. The van der Waals surface area contributed by atoms with E-state index in [1.165, 1.54) is 13.2 Å². The van der Waals surface area contributed by atoms with Gasteiger partial charge in [-0.2, -0.15) is 4.39 Å². The molecule has 1 unspecified atom stereocenters. The number of nitrogens with one attached hydrogen (secondary N) is 1. The number of nitrogens with zero attached hydrogens (tertiary/aromatic N) is 1. The highest BCUT2D eigenvalue weighted by Crippen LogP contribution is 2.22. The lowest BCUT2D eigenvalue weighted by atomic mass is 10.0. The molecule has 1 aliphatic rings. The number of hydrogen-bond donors (Lipinski definition) is 1. The van der Waals surface area contributed by atoms with Crippen LogP contribution in [0.15, 0.2) is 18.2 Å². The van der Waals surface area contributed by atoms with Gasteiger partial charge in [0.25, 0.3) is 5.91 Å². The summed E-state index contributed by atoms with van der Waals surface area (Å²) in [6.07, 6.45) is 0.651. The average Bonchev–Trinajstić information content (AvgIpc) is 2.93. The Morgan fingerprint density at radius 3 is 2.90 bits per heavy atom. The van der Waals surface area contributed by atoms with Crippen LogP contribution in [0.25, 0.3) is 0 Å². The Morgan fingerprint density at radius 1 is 1.62 bits per heavy atom. The molecule has 0 aliphatic carbocycles. The third kappa shape index (κ3) is 3.34. The smallest absolute Gasteiger partial charge is 0.304 e. The summed E-state index contributed by atoms with van der Waals surface area (Å²) in [5, 5.41) is 13.1. The molecule has 1 amide bonds. The molecule has 1 aromatic rings. The molecule has 0 radical (unpaired) electrons. The fourth-order valence-electron chi connectivity index (χ4n) is 2.10. The standard InChI is InChI=1S/C13H15FN2O5/c1-20-13(4-5-21-8-13)7-15-12(17)9-2-3-11(16(18)19)10(14)6-9/h2-3,6H,4-5,7-8H2,1H3,(H,15,17). The van der Waals surface area contributed by atoms with Gasteiger partial charge in [-0.3, -0.25) is 14.9 Å². The van der Waals surface area contributed by atoms with Crippen molar-refractivity contribution in [2.75, 3.05) is 26.9 Å². The molecule has 0 aromatic heterocycles. The zero-order valence-electron chi connectivity index (χ0n) is 11.4. The molecule has 114 valence electrons. The zero-order chi connectivity index (χ0) is 15.5. The molecule has 21 heavy (non-hydrogen) atoms. The summed E-state index contributed by atoms with van der Waals surface area (Å²) in [7, 11) is 1.53. The van der Waals surface area contributed by atoms with Gasteiger partial charge in [-0.15, -0.1) is 0 Å². The molecule has 1 heterocycles. The number of nitro groups is 1. The second-order valence-corrected chi connectivity index (χ2v) is 4.80. The van der Waals surface area contributed by atoms with Crippen LogP contribution < -0.4 is 5.32 Å². The number of amides is 1. The highest BCUT2D eigenvalue weighted by atomic mass is 19.1. The summed E-state index contributed by atoms with van der Waals surface area (Å²) in [5.74, 6) is -1.56. The first-order valence-electron chi connectivity index (χ1n) is 6.32. The first-order valence-corrected chi connectivity index (χ1v) is 6.32. The van der Waals surface area contributed by atoms with Crippen LogP contribution in [0.1, 0.15) is 16.8 Å². The lowest BCUT2D eigenvalue weighted by Gasteiger charge is -2.25. The van der Waals surface area contributed by atoms with Crippen molar-refractivity contribution in [1.82, 2.24) is 5.32 Å². The lowest BCUT2D eigenvalue weighted by molar-refractivity contribution is -0.387. The average molecular weight is 298 g/mol. The molecule has 8 heteroatoms.